The molecule has 3 aromatic carbocycles. The first-order chi connectivity index (χ1) is 17.6. The number of aromatic nitrogens is 1. The number of benzene rings is 3. The maximum atomic E-state index is 13.0. The first-order valence-corrected chi connectivity index (χ1v) is 11.0. The van der Waals surface area contributed by atoms with Gasteiger partial charge in [0.05, 0.1) is 28.3 Å². The average Bonchev–Trinajstić information content (AvgIpc) is 3.26. The van der Waals surface area contributed by atoms with Crippen molar-refractivity contribution in [2.75, 3.05) is 10.6 Å². The van der Waals surface area contributed by atoms with E-state index in [0.717, 1.165) is 17.2 Å². The van der Waals surface area contributed by atoms with Gasteiger partial charge in [-0.25, -0.2) is 4.79 Å². The van der Waals surface area contributed by atoms with Crippen LogP contribution in [0.1, 0.15) is 56.2 Å². The van der Waals surface area contributed by atoms with Crippen LogP contribution in [-0.2, 0) is 4.79 Å². The van der Waals surface area contributed by atoms with E-state index in [1.807, 2.05) is 13.0 Å². The SMILES string of the molecule is CC(=O)Nc1ccc(-c2cc3onc(C(=O)Nc4ccc(C#N)cc4C(=O)O)c3cc2C(C)=O)c(C)c1. The predicted molar refractivity (Wildman–Crippen MR) is 135 cm³/mol. The summed E-state index contributed by atoms with van der Waals surface area (Å²) in [5, 5.41) is 27.8. The molecule has 4 rings (SSSR count). The third-order valence-electron chi connectivity index (χ3n) is 5.67. The van der Waals surface area contributed by atoms with Crippen LogP contribution in [0, 0.1) is 18.3 Å². The zero-order valence-corrected chi connectivity index (χ0v) is 20.0. The number of nitriles is 1. The molecular formula is C27H20N4O6. The minimum atomic E-state index is -1.32. The van der Waals surface area contributed by atoms with E-state index in [-0.39, 0.29) is 45.2 Å². The molecule has 0 spiro atoms. The number of carbonyl (C=O) groups excluding carboxylic acids is 3. The summed E-state index contributed by atoms with van der Waals surface area (Å²) in [6.45, 7) is 4.65. The molecule has 184 valence electrons. The number of aryl methyl sites for hydroxylation is 1. The van der Waals surface area contributed by atoms with Crippen molar-refractivity contribution in [1.29, 1.82) is 5.26 Å². The fraction of sp³-hybridized carbons (Fsp3) is 0.111. The lowest BCUT2D eigenvalue weighted by atomic mass is 9.92. The van der Waals surface area contributed by atoms with Crippen molar-refractivity contribution in [1.82, 2.24) is 5.16 Å². The van der Waals surface area contributed by atoms with Crippen LogP contribution in [0.15, 0.2) is 53.1 Å². The Hall–Kier alpha value is -5.30. The largest absolute Gasteiger partial charge is 0.478 e. The van der Waals surface area contributed by atoms with Crippen LogP contribution >= 0.6 is 0 Å². The van der Waals surface area contributed by atoms with E-state index in [4.69, 9.17) is 9.78 Å². The number of aromatic carboxylic acids is 1. The van der Waals surface area contributed by atoms with Crippen LogP contribution in [0.2, 0.25) is 0 Å². The molecule has 0 aliphatic carbocycles. The van der Waals surface area contributed by atoms with Gasteiger partial charge in [-0.2, -0.15) is 5.26 Å². The van der Waals surface area contributed by atoms with Crippen LogP contribution in [0.4, 0.5) is 11.4 Å². The second-order valence-corrected chi connectivity index (χ2v) is 8.32. The van der Waals surface area contributed by atoms with Gasteiger partial charge in [0.25, 0.3) is 5.91 Å². The van der Waals surface area contributed by atoms with Crippen molar-refractivity contribution in [2.45, 2.75) is 20.8 Å². The monoisotopic (exact) mass is 496 g/mol. The molecule has 0 radical (unpaired) electrons. The van der Waals surface area contributed by atoms with Gasteiger partial charge in [0.1, 0.15) is 0 Å². The summed E-state index contributed by atoms with van der Waals surface area (Å²) in [5.74, 6) is -2.53. The van der Waals surface area contributed by atoms with E-state index < -0.39 is 11.9 Å². The Kier molecular flexibility index (Phi) is 6.54. The van der Waals surface area contributed by atoms with Crippen molar-refractivity contribution >= 4 is 45.9 Å². The van der Waals surface area contributed by atoms with E-state index in [0.29, 0.717) is 16.8 Å². The Morgan fingerprint density at radius 2 is 1.70 bits per heavy atom. The number of hydrogen-bond donors (Lipinski definition) is 3. The van der Waals surface area contributed by atoms with Gasteiger partial charge in [0.15, 0.2) is 17.1 Å². The molecular weight excluding hydrogens is 476 g/mol. The summed E-state index contributed by atoms with van der Waals surface area (Å²) in [5.41, 5.74) is 2.98. The number of amides is 2. The van der Waals surface area contributed by atoms with Crippen LogP contribution < -0.4 is 10.6 Å². The molecule has 0 saturated carbocycles. The highest BCUT2D eigenvalue weighted by molar-refractivity contribution is 6.14. The fourth-order valence-electron chi connectivity index (χ4n) is 3.99. The van der Waals surface area contributed by atoms with Gasteiger partial charge in [-0.15, -0.1) is 0 Å². The molecule has 10 nitrogen and oxygen atoms in total. The first kappa shape index (κ1) is 24.8. The normalized spacial score (nSPS) is 10.5. The number of nitrogens with one attached hydrogen (secondary N) is 2. The average molecular weight is 496 g/mol. The van der Waals surface area contributed by atoms with E-state index in [1.165, 1.54) is 32.0 Å². The van der Waals surface area contributed by atoms with Crippen LogP contribution in [0.5, 0.6) is 0 Å². The number of hydrogen-bond acceptors (Lipinski definition) is 7. The molecule has 0 fully saturated rings. The predicted octanol–water partition coefficient (Wildman–Crippen LogP) is 4.79. The van der Waals surface area contributed by atoms with Gasteiger partial charge in [0, 0.05) is 18.2 Å². The van der Waals surface area contributed by atoms with Crippen LogP contribution in [-0.4, -0.2) is 33.8 Å². The maximum Gasteiger partial charge on any atom is 0.337 e. The summed E-state index contributed by atoms with van der Waals surface area (Å²) < 4.78 is 5.40. The van der Waals surface area contributed by atoms with Gasteiger partial charge in [-0.3, -0.25) is 14.4 Å². The number of rotatable bonds is 6. The Bertz CT molecular complexity index is 1660. The molecule has 0 aliphatic heterocycles. The fourth-order valence-corrected chi connectivity index (χ4v) is 3.99. The van der Waals surface area contributed by atoms with Gasteiger partial charge >= 0.3 is 5.97 Å². The quantitative estimate of drug-likeness (QED) is 0.321. The number of carbonyl (C=O) groups is 4. The molecule has 10 heteroatoms. The lowest BCUT2D eigenvalue weighted by Gasteiger charge is -2.12. The lowest BCUT2D eigenvalue weighted by molar-refractivity contribution is -0.114. The number of nitrogens with zero attached hydrogens (tertiary/aromatic N) is 2. The van der Waals surface area contributed by atoms with Crippen LogP contribution in [0.25, 0.3) is 22.1 Å². The third kappa shape index (κ3) is 4.92. The second-order valence-electron chi connectivity index (χ2n) is 8.32. The minimum absolute atomic E-state index is 0.0223. The number of anilines is 2. The summed E-state index contributed by atoms with van der Waals surface area (Å²) in [6.07, 6.45) is 0. The number of ketones is 1. The van der Waals surface area contributed by atoms with Gasteiger partial charge < -0.3 is 20.3 Å². The Balaban J connectivity index is 1.76. The van der Waals surface area contributed by atoms with Crippen molar-refractivity contribution in [2.24, 2.45) is 0 Å². The summed E-state index contributed by atoms with van der Waals surface area (Å²) >= 11 is 0. The summed E-state index contributed by atoms with van der Waals surface area (Å²) in [4.78, 5) is 48.6. The number of carboxylic acid groups (broad SMARTS) is 1. The number of carboxylic acids is 1. The van der Waals surface area contributed by atoms with Crippen molar-refractivity contribution in [3.05, 3.63) is 76.5 Å². The highest BCUT2D eigenvalue weighted by Crippen LogP contribution is 2.34. The van der Waals surface area contributed by atoms with Gasteiger partial charge in [0.2, 0.25) is 5.91 Å². The Labute approximate surface area is 210 Å². The topological polar surface area (TPSA) is 162 Å². The zero-order valence-electron chi connectivity index (χ0n) is 20.0. The second kappa shape index (κ2) is 9.75. The number of fused-ring (bicyclic) bond motifs is 1. The van der Waals surface area contributed by atoms with E-state index in [2.05, 4.69) is 15.8 Å². The molecule has 0 bridgehead atoms. The number of Topliss-reactive ketones (excluding diaryl/α,β-unsaturated/α-hetero) is 1. The standard InChI is InChI=1S/C27H20N4O6/c1-13-8-17(29-15(3)33)5-6-18(13)20-11-24-22(10-19(20)14(2)32)25(31-37-24)26(34)30-23-7-4-16(12-28)9-21(23)27(35)36/h4-11H,1-3H3,(H,29,33)(H,30,34)(H,35,36). The van der Waals surface area contributed by atoms with E-state index in [9.17, 15) is 24.3 Å². The van der Waals surface area contributed by atoms with Crippen LogP contribution in [0.3, 0.4) is 0 Å². The Morgan fingerprint density at radius 3 is 2.32 bits per heavy atom. The van der Waals surface area contributed by atoms with Gasteiger partial charge in [-0.1, -0.05) is 11.2 Å². The Morgan fingerprint density at radius 1 is 0.946 bits per heavy atom. The summed E-state index contributed by atoms with van der Waals surface area (Å²) in [6, 6.07) is 14.1. The molecule has 2 amide bonds. The maximum absolute atomic E-state index is 13.0. The molecule has 0 atom stereocenters. The van der Waals surface area contributed by atoms with E-state index >= 15 is 0 Å². The molecule has 1 heterocycles. The summed E-state index contributed by atoms with van der Waals surface area (Å²) in [7, 11) is 0. The molecule has 1 aromatic heterocycles. The first-order valence-electron chi connectivity index (χ1n) is 11.0. The molecule has 0 unspecified atom stereocenters. The minimum Gasteiger partial charge on any atom is -0.478 e. The molecule has 4 aromatic rings. The molecule has 3 N–H and O–H groups in total. The van der Waals surface area contributed by atoms with Crippen molar-refractivity contribution < 1.29 is 28.8 Å². The van der Waals surface area contributed by atoms with Crippen molar-refractivity contribution in [3.63, 3.8) is 0 Å². The van der Waals surface area contributed by atoms with Crippen molar-refractivity contribution in [3.8, 4) is 17.2 Å². The molecule has 37 heavy (non-hydrogen) atoms. The van der Waals surface area contributed by atoms with Gasteiger partial charge in [-0.05, 0) is 73.0 Å². The molecule has 0 aliphatic rings. The van der Waals surface area contributed by atoms with E-state index in [1.54, 1.807) is 24.3 Å². The third-order valence-corrected chi connectivity index (χ3v) is 5.67. The highest BCUT2D eigenvalue weighted by Gasteiger charge is 2.23. The smallest absolute Gasteiger partial charge is 0.337 e. The zero-order chi connectivity index (χ0) is 26.9. The lowest BCUT2D eigenvalue weighted by Crippen LogP contribution is -2.15. The highest BCUT2D eigenvalue weighted by atomic mass is 16.5. The molecule has 0 saturated heterocycles.